The van der Waals surface area contributed by atoms with Crippen LogP contribution in [0.25, 0.3) is 5.69 Å². The summed E-state index contributed by atoms with van der Waals surface area (Å²) in [5.74, 6) is -1.39. The van der Waals surface area contributed by atoms with Crippen LogP contribution in [-0.2, 0) is 12.6 Å². The highest BCUT2D eigenvalue weighted by atomic mass is 32.2. The van der Waals surface area contributed by atoms with Crippen LogP contribution in [0.4, 0.5) is 13.2 Å². The number of fused-ring (bicyclic) bond motifs is 3. The second-order valence-corrected chi connectivity index (χ2v) is 8.26. The van der Waals surface area contributed by atoms with E-state index >= 15 is 0 Å². The molecule has 0 fully saturated rings. The molecule has 30 heavy (non-hydrogen) atoms. The van der Waals surface area contributed by atoms with E-state index in [1.807, 2.05) is 30.3 Å². The van der Waals surface area contributed by atoms with Gasteiger partial charge in [0.25, 0.3) is 0 Å². The predicted molar refractivity (Wildman–Crippen MR) is 107 cm³/mol. The quantitative estimate of drug-likeness (QED) is 0.602. The molecule has 1 aliphatic rings. The summed E-state index contributed by atoms with van der Waals surface area (Å²) in [4.78, 5) is 24.9. The zero-order chi connectivity index (χ0) is 21.6. The molecule has 0 amide bonds. The number of nitrogens with zero attached hydrogens (tertiary/aromatic N) is 1. The predicted octanol–water partition coefficient (Wildman–Crippen LogP) is 5.25. The topological polar surface area (TPSA) is 59.3 Å². The van der Waals surface area contributed by atoms with E-state index in [1.165, 1.54) is 22.4 Å². The van der Waals surface area contributed by atoms with Crippen LogP contribution in [0.5, 0.6) is 0 Å². The fourth-order valence-electron chi connectivity index (χ4n) is 3.74. The summed E-state index contributed by atoms with van der Waals surface area (Å²) in [5.41, 5.74) is -0.191. The van der Waals surface area contributed by atoms with Gasteiger partial charge in [-0.1, -0.05) is 30.3 Å². The molecule has 0 radical (unpaired) electrons. The van der Waals surface area contributed by atoms with E-state index in [-0.39, 0.29) is 23.1 Å². The van der Waals surface area contributed by atoms with Crippen molar-refractivity contribution in [2.24, 2.45) is 0 Å². The molecule has 154 valence electrons. The molecule has 8 heteroatoms. The summed E-state index contributed by atoms with van der Waals surface area (Å²) < 4.78 is 41.6. The molecule has 1 aliphatic heterocycles. The Bertz CT molecular complexity index is 1200. The van der Waals surface area contributed by atoms with Gasteiger partial charge in [-0.2, -0.15) is 13.2 Å². The number of aryl methyl sites for hydroxylation is 1. The number of carboxylic acid groups (broad SMARTS) is 1. The number of hydrogen-bond acceptors (Lipinski definition) is 3. The van der Waals surface area contributed by atoms with Gasteiger partial charge in [-0.15, -0.1) is 11.8 Å². The number of alkyl halides is 3. The van der Waals surface area contributed by atoms with Crippen molar-refractivity contribution in [1.82, 2.24) is 4.57 Å². The van der Waals surface area contributed by atoms with Crippen LogP contribution in [0, 0.1) is 6.92 Å². The number of hydrogen-bond donors (Lipinski definition) is 1. The molecular formula is C22H16F3NO3S. The maximum atomic E-state index is 13.4. The molecule has 2 heterocycles. The van der Waals surface area contributed by atoms with E-state index in [0.717, 1.165) is 23.8 Å². The molecule has 0 bridgehead atoms. The van der Waals surface area contributed by atoms with Gasteiger partial charge in [0.1, 0.15) is 5.56 Å². The van der Waals surface area contributed by atoms with Crippen molar-refractivity contribution in [3.63, 3.8) is 0 Å². The van der Waals surface area contributed by atoms with Crippen molar-refractivity contribution < 1.29 is 23.1 Å². The smallest absolute Gasteiger partial charge is 0.416 e. The van der Waals surface area contributed by atoms with Crippen molar-refractivity contribution in [3.05, 3.63) is 92.9 Å². The van der Waals surface area contributed by atoms with Crippen molar-refractivity contribution in [2.75, 3.05) is 0 Å². The van der Waals surface area contributed by atoms with Crippen molar-refractivity contribution in [1.29, 1.82) is 0 Å². The van der Waals surface area contributed by atoms with Gasteiger partial charge in [0.15, 0.2) is 5.43 Å². The minimum Gasteiger partial charge on any atom is -0.477 e. The third-order valence-corrected chi connectivity index (χ3v) is 6.38. The number of halogens is 3. The van der Waals surface area contributed by atoms with Crippen LogP contribution in [0.1, 0.15) is 38.1 Å². The molecule has 0 saturated carbocycles. The normalized spacial score (nSPS) is 15.8. The lowest BCUT2D eigenvalue weighted by atomic mass is 10.0. The molecule has 1 aromatic heterocycles. The maximum Gasteiger partial charge on any atom is 0.416 e. The minimum absolute atomic E-state index is 0.184. The van der Waals surface area contributed by atoms with Crippen LogP contribution < -0.4 is 5.43 Å². The Morgan fingerprint density at radius 3 is 2.47 bits per heavy atom. The number of benzene rings is 2. The molecule has 4 rings (SSSR count). The zero-order valence-electron chi connectivity index (χ0n) is 15.7. The number of pyridine rings is 1. The molecule has 0 spiro atoms. The van der Waals surface area contributed by atoms with Gasteiger partial charge in [-0.05, 0) is 30.7 Å². The van der Waals surface area contributed by atoms with Gasteiger partial charge in [-0.3, -0.25) is 4.79 Å². The Morgan fingerprint density at radius 1 is 1.13 bits per heavy atom. The second kappa shape index (κ2) is 7.36. The SMILES string of the molecule is Cc1cc(=O)c(C(=O)O)c2n1-c1cc(C(F)(F)F)ccc1S[C@@H](c1ccccc1)C2. The first-order valence-electron chi connectivity index (χ1n) is 9.09. The average molecular weight is 431 g/mol. The van der Waals surface area contributed by atoms with Gasteiger partial charge in [-0.25, -0.2) is 4.79 Å². The molecular weight excluding hydrogens is 415 g/mol. The highest BCUT2D eigenvalue weighted by Gasteiger charge is 2.34. The lowest BCUT2D eigenvalue weighted by molar-refractivity contribution is -0.137. The lowest BCUT2D eigenvalue weighted by Crippen LogP contribution is -2.24. The first-order chi connectivity index (χ1) is 14.2. The van der Waals surface area contributed by atoms with Crippen molar-refractivity contribution in [3.8, 4) is 5.69 Å². The Hall–Kier alpha value is -3.00. The number of rotatable bonds is 2. The molecule has 0 aliphatic carbocycles. The van der Waals surface area contributed by atoms with Gasteiger partial charge in [0, 0.05) is 34.0 Å². The van der Waals surface area contributed by atoms with E-state index < -0.39 is 28.7 Å². The fraction of sp³-hybridized carbons (Fsp3) is 0.182. The number of carbonyl (C=O) groups is 1. The molecule has 3 aromatic rings. The Morgan fingerprint density at radius 2 is 1.83 bits per heavy atom. The zero-order valence-corrected chi connectivity index (χ0v) is 16.6. The molecule has 0 unspecified atom stereocenters. The van der Waals surface area contributed by atoms with Crippen LogP contribution in [0.2, 0.25) is 0 Å². The van der Waals surface area contributed by atoms with E-state index in [9.17, 15) is 27.9 Å². The number of thioether (sulfide) groups is 1. The average Bonchev–Trinajstić information content (AvgIpc) is 2.84. The Kier molecular flexibility index (Phi) is 4.97. The van der Waals surface area contributed by atoms with Crippen molar-refractivity contribution in [2.45, 2.75) is 29.7 Å². The van der Waals surface area contributed by atoms with E-state index in [4.69, 9.17) is 0 Å². The number of carboxylic acids is 1. The Labute approximate surface area is 174 Å². The number of aromatic carboxylic acids is 1. The van der Waals surface area contributed by atoms with Gasteiger partial charge in [0.05, 0.1) is 11.3 Å². The van der Waals surface area contributed by atoms with E-state index in [0.29, 0.717) is 10.6 Å². The van der Waals surface area contributed by atoms with E-state index in [2.05, 4.69) is 0 Å². The fourth-order valence-corrected chi connectivity index (χ4v) is 5.00. The Balaban J connectivity index is 2.05. The van der Waals surface area contributed by atoms with Crippen LogP contribution in [-0.4, -0.2) is 15.6 Å². The third-order valence-electron chi connectivity index (χ3n) is 5.06. The summed E-state index contributed by atoms with van der Waals surface area (Å²) >= 11 is 1.36. The van der Waals surface area contributed by atoms with Gasteiger partial charge < -0.3 is 9.67 Å². The summed E-state index contributed by atoms with van der Waals surface area (Å²) in [6, 6.07) is 13.9. The third kappa shape index (κ3) is 3.52. The van der Waals surface area contributed by atoms with Gasteiger partial charge in [0.2, 0.25) is 0 Å². The highest BCUT2D eigenvalue weighted by Crippen LogP contribution is 2.45. The summed E-state index contributed by atoms with van der Waals surface area (Å²) in [6.45, 7) is 1.59. The molecule has 0 saturated heterocycles. The first kappa shape index (κ1) is 20.3. The van der Waals surface area contributed by atoms with E-state index in [1.54, 1.807) is 6.92 Å². The van der Waals surface area contributed by atoms with Crippen LogP contribution in [0.3, 0.4) is 0 Å². The maximum absolute atomic E-state index is 13.4. The standard InChI is InChI=1S/C22H16F3NO3S/c1-12-9-17(27)20(21(28)29)16-11-19(13-5-3-2-4-6-13)30-18-8-7-14(22(23,24)25)10-15(18)26(12)16/h2-10,19H,11H2,1H3,(H,28,29)/t19-/m1/s1. The molecule has 4 nitrogen and oxygen atoms in total. The molecule has 1 N–H and O–H groups in total. The van der Waals surface area contributed by atoms with Crippen LogP contribution in [0.15, 0.2) is 64.3 Å². The lowest BCUT2D eigenvalue weighted by Gasteiger charge is -2.19. The minimum atomic E-state index is -4.55. The molecule has 1 atom stereocenters. The summed E-state index contributed by atoms with van der Waals surface area (Å²) in [6.07, 6.45) is -4.36. The summed E-state index contributed by atoms with van der Waals surface area (Å²) in [5, 5.41) is 9.42. The highest BCUT2D eigenvalue weighted by molar-refractivity contribution is 7.99. The van der Waals surface area contributed by atoms with Crippen molar-refractivity contribution >= 4 is 17.7 Å². The largest absolute Gasteiger partial charge is 0.477 e. The number of aromatic nitrogens is 1. The summed E-state index contributed by atoms with van der Waals surface area (Å²) in [7, 11) is 0. The monoisotopic (exact) mass is 431 g/mol. The molecule has 2 aromatic carbocycles. The second-order valence-electron chi connectivity index (χ2n) is 7.01. The first-order valence-corrected chi connectivity index (χ1v) is 9.97. The van der Waals surface area contributed by atoms with Crippen LogP contribution >= 0.6 is 11.8 Å². The van der Waals surface area contributed by atoms with Gasteiger partial charge >= 0.3 is 12.1 Å².